The molecule has 0 amide bonds. The second-order valence-electron chi connectivity index (χ2n) is 3.10. The zero-order valence-corrected chi connectivity index (χ0v) is 7.20. The molecule has 0 unspecified atom stereocenters. The van der Waals surface area contributed by atoms with Gasteiger partial charge < -0.3 is 5.11 Å². The molecular weight excluding hydrogens is 159 g/mol. The Bertz CT molecular complexity index is 437. The van der Waals surface area contributed by atoms with Crippen LogP contribution in [0.1, 0.15) is 5.56 Å². The van der Waals surface area contributed by atoms with E-state index in [1.54, 1.807) is 0 Å². The number of aliphatic hydroxyl groups is 1. The number of fused-ring (bicyclic) bond motifs is 1. The molecule has 2 aromatic rings. The third-order valence-corrected chi connectivity index (χ3v) is 2.11. The lowest BCUT2D eigenvalue weighted by Crippen LogP contribution is -1.99. The standard InChI is InChI=1S/C11H9BO/c12-11-4-3-9-5-8(7-13)1-2-10(9)6-11/h1-6,13H,7H2. The molecule has 0 atom stereocenters. The molecule has 2 radical (unpaired) electrons. The zero-order valence-electron chi connectivity index (χ0n) is 7.20. The number of hydrogen-bond acceptors (Lipinski definition) is 1. The van der Waals surface area contributed by atoms with Crippen LogP contribution >= 0.6 is 0 Å². The normalized spacial score (nSPS) is 10.5. The van der Waals surface area contributed by atoms with Crippen LogP contribution in [0.15, 0.2) is 36.4 Å². The zero-order chi connectivity index (χ0) is 9.26. The second-order valence-corrected chi connectivity index (χ2v) is 3.10. The molecule has 0 bridgehead atoms. The van der Waals surface area contributed by atoms with E-state index in [-0.39, 0.29) is 6.61 Å². The minimum absolute atomic E-state index is 0.0836. The van der Waals surface area contributed by atoms with Gasteiger partial charge in [-0.3, -0.25) is 0 Å². The summed E-state index contributed by atoms with van der Waals surface area (Å²) in [5, 5.41) is 11.1. The maximum absolute atomic E-state index is 8.93. The van der Waals surface area contributed by atoms with Crippen LogP contribution in [0.3, 0.4) is 0 Å². The van der Waals surface area contributed by atoms with Gasteiger partial charge in [0.05, 0.1) is 6.61 Å². The van der Waals surface area contributed by atoms with Crippen LogP contribution in [0.25, 0.3) is 10.8 Å². The summed E-state index contributed by atoms with van der Waals surface area (Å²) in [6.45, 7) is 0.0836. The van der Waals surface area contributed by atoms with E-state index in [4.69, 9.17) is 13.0 Å². The molecule has 2 heteroatoms. The van der Waals surface area contributed by atoms with Crippen molar-refractivity contribution in [2.75, 3.05) is 0 Å². The van der Waals surface area contributed by atoms with Gasteiger partial charge in [-0.1, -0.05) is 35.8 Å². The monoisotopic (exact) mass is 168 g/mol. The van der Waals surface area contributed by atoms with Crippen LogP contribution in [0.4, 0.5) is 0 Å². The highest BCUT2D eigenvalue weighted by molar-refractivity contribution is 6.33. The smallest absolute Gasteiger partial charge is 0.113 e. The lowest BCUT2D eigenvalue weighted by molar-refractivity contribution is 0.282. The van der Waals surface area contributed by atoms with Crippen LogP contribution in [0.2, 0.25) is 0 Å². The molecular formula is C11H9BO. The summed E-state index contributed by atoms with van der Waals surface area (Å²) in [6, 6.07) is 11.6. The van der Waals surface area contributed by atoms with Gasteiger partial charge in [0.15, 0.2) is 0 Å². The van der Waals surface area contributed by atoms with E-state index in [0.717, 1.165) is 21.8 Å². The molecule has 62 valence electrons. The molecule has 0 aliphatic heterocycles. The topological polar surface area (TPSA) is 20.2 Å². The largest absolute Gasteiger partial charge is 0.392 e. The predicted octanol–water partition coefficient (Wildman–Crippen LogP) is 1.13. The lowest BCUT2D eigenvalue weighted by atomic mass is 9.93. The van der Waals surface area contributed by atoms with Crippen molar-refractivity contribution in [3.8, 4) is 0 Å². The summed E-state index contributed by atoms with van der Waals surface area (Å²) in [6.07, 6.45) is 0. The fraction of sp³-hybridized carbons (Fsp3) is 0.0909. The third-order valence-electron chi connectivity index (χ3n) is 2.11. The summed E-state index contributed by atoms with van der Waals surface area (Å²) in [4.78, 5) is 0. The minimum Gasteiger partial charge on any atom is -0.392 e. The minimum atomic E-state index is 0.0836. The molecule has 0 saturated carbocycles. The van der Waals surface area contributed by atoms with Crippen molar-refractivity contribution in [1.82, 2.24) is 0 Å². The van der Waals surface area contributed by atoms with Crippen LogP contribution in [-0.4, -0.2) is 13.0 Å². The molecule has 0 fully saturated rings. The van der Waals surface area contributed by atoms with E-state index in [1.807, 2.05) is 36.4 Å². The SMILES string of the molecule is [B]c1ccc2cc(CO)ccc2c1. The molecule has 0 heterocycles. The summed E-state index contributed by atoms with van der Waals surface area (Å²) in [5.41, 5.74) is 1.70. The average molecular weight is 168 g/mol. The highest BCUT2D eigenvalue weighted by Gasteiger charge is 1.95. The Morgan fingerprint density at radius 3 is 2.46 bits per heavy atom. The first kappa shape index (κ1) is 8.33. The highest BCUT2D eigenvalue weighted by Crippen LogP contribution is 2.14. The first-order chi connectivity index (χ1) is 6.29. The van der Waals surface area contributed by atoms with Crippen molar-refractivity contribution >= 4 is 24.1 Å². The van der Waals surface area contributed by atoms with Crippen molar-refractivity contribution in [3.63, 3.8) is 0 Å². The molecule has 0 aromatic heterocycles. The number of hydrogen-bond donors (Lipinski definition) is 1. The Kier molecular flexibility index (Phi) is 2.07. The van der Waals surface area contributed by atoms with Gasteiger partial charge in [-0.15, -0.1) is 0 Å². The second kappa shape index (κ2) is 3.23. The molecule has 2 aromatic carbocycles. The Labute approximate surface area is 78.4 Å². The predicted molar refractivity (Wildman–Crippen MR) is 55.3 cm³/mol. The molecule has 2 rings (SSSR count). The van der Waals surface area contributed by atoms with Crippen LogP contribution < -0.4 is 5.46 Å². The molecule has 0 aliphatic rings. The fourth-order valence-corrected chi connectivity index (χ4v) is 1.41. The molecule has 1 N–H and O–H groups in total. The maximum atomic E-state index is 8.93. The van der Waals surface area contributed by atoms with Crippen molar-refractivity contribution in [3.05, 3.63) is 42.0 Å². The van der Waals surface area contributed by atoms with E-state index >= 15 is 0 Å². The van der Waals surface area contributed by atoms with Gasteiger partial charge in [-0.05, 0) is 22.4 Å². The van der Waals surface area contributed by atoms with Crippen molar-refractivity contribution < 1.29 is 5.11 Å². The van der Waals surface area contributed by atoms with E-state index in [1.165, 1.54) is 0 Å². The fourth-order valence-electron chi connectivity index (χ4n) is 1.41. The molecule has 0 saturated heterocycles. The van der Waals surface area contributed by atoms with Crippen LogP contribution in [-0.2, 0) is 6.61 Å². The van der Waals surface area contributed by atoms with Crippen molar-refractivity contribution in [2.24, 2.45) is 0 Å². The third kappa shape index (κ3) is 1.58. The highest BCUT2D eigenvalue weighted by atomic mass is 16.3. The van der Waals surface area contributed by atoms with Crippen molar-refractivity contribution in [2.45, 2.75) is 6.61 Å². The molecule has 0 aliphatic carbocycles. The summed E-state index contributed by atoms with van der Waals surface area (Å²) >= 11 is 0. The lowest BCUT2D eigenvalue weighted by Gasteiger charge is -2.01. The Morgan fingerprint density at radius 2 is 1.69 bits per heavy atom. The van der Waals surface area contributed by atoms with Gasteiger partial charge in [0.25, 0.3) is 0 Å². The van der Waals surface area contributed by atoms with E-state index in [0.29, 0.717) is 0 Å². The summed E-state index contributed by atoms with van der Waals surface area (Å²) in [7, 11) is 5.65. The molecule has 0 spiro atoms. The van der Waals surface area contributed by atoms with Crippen molar-refractivity contribution in [1.29, 1.82) is 0 Å². The van der Waals surface area contributed by atoms with Crippen LogP contribution in [0.5, 0.6) is 0 Å². The summed E-state index contributed by atoms with van der Waals surface area (Å²) < 4.78 is 0. The first-order valence-corrected chi connectivity index (χ1v) is 4.18. The molecule has 13 heavy (non-hydrogen) atoms. The Balaban J connectivity index is 2.66. The van der Waals surface area contributed by atoms with E-state index in [9.17, 15) is 0 Å². The Morgan fingerprint density at radius 1 is 1.00 bits per heavy atom. The van der Waals surface area contributed by atoms with Gasteiger partial charge in [0.2, 0.25) is 0 Å². The van der Waals surface area contributed by atoms with Gasteiger partial charge >= 0.3 is 0 Å². The summed E-state index contributed by atoms with van der Waals surface area (Å²) in [5.74, 6) is 0. The van der Waals surface area contributed by atoms with Crippen LogP contribution in [0, 0.1) is 0 Å². The van der Waals surface area contributed by atoms with E-state index < -0.39 is 0 Å². The number of benzene rings is 2. The Hall–Kier alpha value is -1.28. The number of rotatable bonds is 1. The van der Waals surface area contributed by atoms with Gasteiger partial charge in [-0.2, -0.15) is 0 Å². The molecule has 1 nitrogen and oxygen atoms in total. The first-order valence-electron chi connectivity index (χ1n) is 4.18. The maximum Gasteiger partial charge on any atom is 0.113 e. The average Bonchev–Trinajstić information content (AvgIpc) is 2.17. The number of aliphatic hydroxyl groups excluding tert-OH is 1. The quantitative estimate of drug-likeness (QED) is 0.632. The van der Waals surface area contributed by atoms with Gasteiger partial charge in [-0.25, -0.2) is 0 Å². The van der Waals surface area contributed by atoms with Gasteiger partial charge in [0.1, 0.15) is 7.85 Å². The van der Waals surface area contributed by atoms with Gasteiger partial charge in [0, 0.05) is 0 Å². The van der Waals surface area contributed by atoms with E-state index in [2.05, 4.69) is 0 Å².